The number of aromatic amines is 1. The smallest absolute Gasteiger partial charge is 0.286 e. The fourth-order valence-electron chi connectivity index (χ4n) is 1.87. The Hall–Kier alpha value is -2.60. The highest BCUT2D eigenvalue weighted by Crippen LogP contribution is 2.19. The zero-order valence-corrected chi connectivity index (χ0v) is 11.4. The van der Waals surface area contributed by atoms with E-state index in [1.807, 2.05) is 6.07 Å². The Bertz CT molecular complexity index is 800. The maximum Gasteiger partial charge on any atom is 0.286 e. The third kappa shape index (κ3) is 2.95. The molecule has 3 N–H and O–H groups in total. The summed E-state index contributed by atoms with van der Waals surface area (Å²) in [7, 11) is 0. The average molecular weight is 305 g/mol. The summed E-state index contributed by atoms with van der Waals surface area (Å²) in [6.45, 7) is 0. The number of carbonyl (C=O) groups excluding carboxylic acids is 1. The number of amides is 1. The number of anilines is 1. The molecule has 21 heavy (non-hydrogen) atoms. The highest BCUT2D eigenvalue weighted by Gasteiger charge is 2.09. The van der Waals surface area contributed by atoms with Crippen LogP contribution in [0.25, 0.3) is 10.9 Å². The fraction of sp³-hybridized carbons (Fsp3) is 0. The van der Waals surface area contributed by atoms with Crippen LogP contribution in [-0.2, 0) is 0 Å². The molecule has 0 aliphatic heterocycles. The Balaban J connectivity index is 1.73. The molecule has 0 atom stereocenters. The van der Waals surface area contributed by atoms with Crippen LogP contribution in [0.2, 0.25) is 5.02 Å². The van der Waals surface area contributed by atoms with Crippen molar-refractivity contribution in [3.63, 3.8) is 0 Å². The second-order valence-electron chi connectivity index (χ2n) is 4.36. The second kappa shape index (κ2) is 5.41. The van der Waals surface area contributed by atoms with Gasteiger partial charge in [-0.2, -0.15) is 4.39 Å². The molecule has 0 bridgehead atoms. The maximum absolute atomic E-state index is 12.7. The van der Waals surface area contributed by atoms with Crippen LogP contribution < -0.4 is 10.9 Å². The number of H-pyrrole nitrogens is 1. The molecule has 5 nitrogen and oxygen atoms in total. The summed E-state index contributed by atoms with van der Waals surface area (Å²) >= 11 is 5.89. The summed E-state index contributed by atoms with van der Waals surface area (Å²) in [5.41, 5.74) is 6.78. The first kappa shape index (κ1) is 13.4. The zero-order valence-electron chi connectivity index (χ0n) is 10.7. The topological polar surface area (TPSA) is 69.8 Å². The molecule has 0 saturated carbocycles. The SMILES string of the molecule is O=C(NNc1ccc(F)nc1)c1cc2ccc(Cl)cc2[nH]1. The van der Waals surface area contributed by atoms with E-state index in [0.29, 0.717) is 16.4 Å². The molecule has 3 aromatic rings. The summed E-state index contributed by atoms with van der Waals surface area (Å²) in [6, 6.07) is 9.69. The molecule has 2 heterocycles. The number of rotatable bonds is 3. The number of hydrogen-bond donors (Lipinski definition) is 3. The van der Waals surface area contributed by atoms with Crippen molar-refractivity contribution in [1.29, 1.82) is 0 Å². The van der Waals surface area contributed by atoms with Gasteiger partial charge in [0.25, 0.3) is 5.91 Å². The van der Waals surface area contributed by atoms with Crippen LogP contribution in [0.3, 0.4) is 0 Å². The summed E-state index contributed by atoms with van der Waals surface area (Å²) < 4.78 is 12.7. The van der Waals surface area contributed by atoms with Gasteiger partial charge in [-0.3, -0.25) is 15.6 Å². The second-order valence-corrected chi connectivity index (χ2v) is 4.80. The van der Waals surface area contributed by atoms with Gasteiger partial charge in [0.15, 0.2) is 0 Å². The number of benzene rings is 1. The first-order valence-corrected chi connectivity index (χ1v) is 6.46. The number of halogens is 2. The van der Waals surface area contributed by atoms with E-state index >= 15 is 0 Å². The number of aromatic nitrogens is 2. The molecule has 0 unspecified atom stereocenters. The molecule has 0 radical (unpaired) electrons. The van der Waals surface area contributed by atoms with Crippen LogP contribution in [0.1, 0.15) is 10.5 Å². The van der Waals surface area contributed by atoms with Crippen LogP contribution >= 0.6 is 11.6 Å². The van der Waals surface area contributed by atoms with Gasteiger partial charge in [0.2, 0.25) is 5.95 Å². The Morgan fingerprint density at radius 2 is 2.10 bits per heavy atom. The molecule has 0 spiro atoms. The molecule has 3 rings (SSSR count). The minimum absolute atomic E-state index is 0.355. The van der Waals surface area contributed by atoms with Gasteiger partial charge in [-0.1, -0.05) is 17.7 Å². The molecule has 2 aromatic heterocycles. The van der Waals surface area contributed by atoms with E-state index in [9.17, 15) is 9.18 Å². The van der Waals surface area contributed by atoms with Crippen molar-refractivity contribution in [2.75, 3.05) is 5.43 Å². The highest BCUT2D eigenvalue weighted by molar-refractivity contribution is 6.31. The van der Waals surface area contributed by atoms with Crippen LogP contribution in [0, 0.1) is 5.95 Å². The van der Waals surface area contributed by atoms with Crippen LogP contribution in [-0.4, -0.2) is 15.9 Å². The number of pyridine rings is 1. The minimum atomic E-state index is -0.584. The van der Waals surface area contributed by atoms with E-state index < -0.39 is 5.95 Å². The summed E-state index contributed by atoms with van der Waals surface area (Å²) in [6.07, 6.45) is 1.28. The number of carbonyl (C=O) groups is 1. The van der Waals surface area contributed by atoms with Crippen molar-refractivity contribution >= 4 is 34.1 Å². The zero-order chi connectivity index (χ0) is 14.8. The predicted octanol–water partition coefficient (Wildman–Crippen LogP) is 3.11. The molecule has 0 saturated heterocycles. The normalized spacial score (nSPS) is 10.6. The third-order valence-electron chi connectivity index (χ3n) is 2.88. The lowest BCUT2D eigenvalue weighted by molar-refractivity contribution is 0.0958. The highest BCUT2D eigenvalue weighted by atomic mass is 35.5. The number of fused-ring (bicyclic) bond motifs is 1. The summed E-state index contributed by atoms with van der Waals surface area (Å²) in [4.78, 5) is 18.4. The molecule has 106 valence electrons. The van der Waals surface area contributed by atoms with Crippen molar-refractivity contribution in [3.05, 3.63) is 59.3 Å². The standard InChI is InChI=1S/C14H10ClFN4O/c15-9-2-1-8-5-12(18-11(8)6-9)14(21)20-19-10-3-4-13(16)17-7-10/h1-7,18-19H,(H,20,21). The lowest BCUT2D eigenvalue weighted by Crippen LogP contribution is -2.29. The monoisotopic (exact) mass is 304 g/mol. The quantitative estimate of drug-likeness (QED) is 0.514. The molecule has 7 heteroatoms. The van der Waals surface area contributed by atoms with Gasteiger partial charge < -0.3 is 4.98 Å². The van der Waals surface area contributed by atoms with E-state index in [-0.39, 0.29) is 5.91 Å². The lowest BCUT2D eigenvalue weighted by Gasteiger charge is -2.06. The Morgan fingerprint density at radius 3 is 2.86 bits per heavy atom. The molecule has 1 aromatic carbocycles. The van der Waals surface area contributed by atoms with Crippen molar-refractivity contribution in [2.24, 2.45) is 0 Å². The van der Waals surface area contributed by atoms with E-state index in [1.165, 1.54) is 18.3 Å². The van der Waals surface area contributed by atoms with Crippen LogP contribution in [0.4, 0.5) is 10.1 Å². The minimum Gasteiger partial charge on any atom is -0.350 e. The van der Waals surface area contributed by atoms with Crippen molar-refractivity contribution < 1.29 is 9.18 Å². The molecular formula is C14H10ClFN4O. The molecule has 0 fully saturated rings. The maximum atomic E-state index is 12.7. The van der Waals surface area contributed by atoms with E-state index in [0.717, 1.165) is 10.9 Å². The Morgan fingerprint density at radius 1 is 1.24 bits per heavy atom. The van der Waals surface area contributed by atoms with Gasteiger partial charge in [0.05, 0.1) is 11.9 Å². The van der Waals surface area contributed by atoms with E-state index in [2.05, 4.69) is 20.8 Å². The van der Waals surface area contributed by atoms with Crippen molar-refractivity contribution in [3.8, 4) is 0 Å². The van der Waals surface area contributed by atoms with E-state index in [4.69, 9.17) is 11.6 Å². The first-order valence-electron chi connectivity index (χ1n) is 6.08. The van der Waals surface area contributed by atoms with E-state index in [1.54, 1.807) is 18.2 Å². The van der Waals surface area contributed by atoms with Gasteiger partial charge in [-0.25, -0.2) is 4.98 Å². The average Bonchev–Trinajstić information content (AvgIpc) is 2.89. The predicted molar refractivity (Wildman–Crippen MR) is 78.6 cm³/mol. The fourth-order valence-corrected chi connectivity index (χ4v) is 2.04. The number of nitrogens with one attached hydrogen (secondary N) is 3. The van der Waals surface area contributed by atoms with Crippen LogP contribution in [0.5, 0.6) is 0 Å². The lowest BCUT2D eigenvalue weighted by atomic mass is 10.2. The van der Waals surface area contributed by atoms with Gasteiger partial charge in [0.1, 0.15) is 5.69 Å². The number of hydrogen-bond acceptors (Lipinski definition) is 3. The Labute approximate surface area is 124 Å². The Kier molecular flexibility index (Phi) is 3.45. The van der Waals surface area contributed by atoms with Gasteiger partial charge in [0, 0.05) is 15.9 Å². The largest absolute Gasteiger partial charge is 0.350 e. The molecule has 0 aliphatic carbocycles. The third-order valence-corrected chi connectivity index (χ3v) is 3.11. The molecule has 1 amide bonds. The van der Waals surface area contributed by atoms with Crippen molar-refractivity contribution in [2.45, 2.75) is 0 Å². The van der Waals surface area contributed by atoms with Gasteiger partial charge >= 0.3 is 0 Å². The molecular weight excluding hydrogens is 295 g/mol. The van der Waals surface area contributed by atoms with Crippen molar-refractivity contribution in [1.82, 2.24) is 15.4 Å². The van der Waals surface area contributed by atoms with Gasteiger partial charge in [-0.15, -0.1) is 0 Å². The number of nitrogens with zero attached hydrogens (tertiary/aromatic N) is 1. The van der Waals surface area contributed by atoms with Gasteiger partial charge in [-0.05, 0) is 30.3 Å². The number of hydrazine groups is 1. The molecule has 0 aliphatic rings. The summed E-state index contributed by atoms with van der Waals surface area (Å²) in [5, 5.41) is 1.47. The first-order chi connectivity index (χ1) is 10.1. The van der Waals surface area contributed by atoms with Crippen LogP contribution in [0.15, 0.2) is 42.6 Å². The summed E-state index contributed by atoms with van der Waals surface area (Å²) in [5.74, 6) is -0.939.